The number of carbonyl (C=O) groups excluding carboxylic acids is 3. The summed E-state index contributed by atoms with van der Waals surface area (Å²) in [5.41, 5.74) is -0.429. The predicted octanol–water partition coefficient (Wildman–Crippen LogP) is 3.10. The summed E-state index contributed by atoms with van der Waals surface area (Å²) >= 11 is 0. The molecule has 0 bridgehead atoms. The monoisotopic (exact) mass is 394 g/mol. The topological polar surface area (TPSA) is 101 Å². The summed E-state index contributed by atoms with van der Waals surface area (Å²) in [5, 5.41) is 10.4. The number of urea groups is 1. The highest BCUT2D eigenvalue weighted by Crippen LogP contribution is 2.32. The first-order valence-corrected chi connectivity index (χ1v) is 9.80. The third-order valence-corrected chi connectivity index (χ3v) is 5.45. The number of ether oxygens (including phenoxy) is 1. The van der Waals surface area contributed by atoms with Crippen molar-refractivity contribution in [2.24, 2.45) is 0 Å². The van der Waals surface area contributed by atoms with E-state index in [1.54, 1.807) is 42.6 Å². The summed E-state index contributed by atoms with van der Waals surface area (Å²) < 4.78 is 5.55. The van der Waals surface area contributed by atoms with Crippen molar-refractivity contribution in [3.63, 3.8) is 0 Å². The van der Waals surface area contributed by atoms with Gasteiger partial charge in [0.25, 0.3) is 5.91 Å². The van der Waals surface area contributed by atoms with Crippen LogP contribution in [0.2, 0.25) is 0 Å². The van der Waals surface area contributed by atoms with Gasteiger partial charge in [-0.15, -0.1) is 5.10 Å². The molecule has 1 saturated heterocycles. The number of Topliss-reactive ketones (excluding diaryl/α,β-unsaturated/α-hetero) is 1. The van der Waals surface area contributed by atoms with Crippen LogP contribution in [0.1, 0.15) is 48.9 Å². The minimum absolute atomic E-state index is 0.267. The van der Waals surface area contributed by atoms with E-state index < -0.39 is 11.6 Å². The van der Waals surface area contributed by atoms with E-state index in [0.717, 1.165) is 30.6 Å². The quantitative estimate of drug-likeness (QED) is 0.618. The van der Waals surface area contributed by atoms with E-state index in [1.165, 1.54) is 0 Å². The molecule has 1 spiro atoms. The fraction of sp³-hybridized carbons (Fsp3) is 0.381. The second-order valence-electron chi connectivity index (χ2n) is 7.43. The number of hydrogen-bond acceptors (Lipinski definition) is 6. The molecule has 1 saturated carbocycles. The number of hydrogen-bond donors (Lipinski definition) is 1. The Balaban J connectivity index is 1.42. The SMILES string of the molecule is O=C(CN1C(=O)NC2(CCCCCC2)C1=O)c1ccc(Oc2cccnn2)cc1. The lowest BCUT2D eigenvalue weighted by Gasteiger charge is -2.24. The van der Waals surface area contributed by atoms with Gasteiger partial charge in [0.1, 0.15) is 11.3 Å². The molecule has 29 heavy (non-hydrogen) atoms. The molecule has 2 aliphatic rings. The molecule has 150 valence electrons. The summed E-state index contributed by atoms with van der Waals surface area (Å²) in [6.07, 6.45) is 6.75. The van der Waals surface area contributed by atoms with Crippen molar-refractivity contribution in [3.8, 4) is 11.6 Å². The van der Waals surface area contributed by atoms with Crippen LogP contribution in [0.5, 0.6) is 11.6 Å². The van der Waals surface area contributed by atoms with Crippen molar-refractivity contribution in [1.82, 2.24) is 20.4 Å². The van der Waals surface area contributed by atoms with Gasteiger partial charge in [0.15, 0.2) is 5.78 Å². The van der Waals surface area contributed by atoms with Crippen LogP contribution in [-0.2, 0) is 4.79 Å². The molecule has 3 amide bonds. The molecule has 1 aromatic heterocycles. The zero-order valence-electron chi connectivity index (χ0n) is 16.0. The van der Waals surface area contributed by atoms with Crippen LogP contribution in [0.4, 0.5) is 4.79 Å². The van der Waals surface area contributed by atoms with Crippen molar-refractivity contribution in [3.05, 3.63) is 48.2 Å². The highest BCUT2D eigenvalue weighted by atomic mass is 16.5. The van der Waals surface area contributed by atoms with Crippen LogP contribution >= 0.6 is 0 Å². The summed E-state index contributed by atoms with van der Waals surface area (Å²) in [7, 11) is 0. The van der Waals surface area contributed by atoms with E-state index >= 15 is 0 Å². The predicted molar refractivity (Wildman–Crippen MR) is 104 cm³/mol. The number of nitrogens with one attached hydrogen (secondary N) is 1. The van der Waals surface area contributed by atoms with Crippen molar-refractivity contribution < 1.29 is 19.1 Å². The molecule has 1 aliphatic carbocycles. The zero-order valence-corrected chi connectivity index (χ0v) is 16.0. The van der Waals surface area contributed by atoms with Crippen LogP contribution in [0.15, 0.2) is 42.6 Å². The van der Waals surface area contributed by atoms with E-state index in [2.05, 4.69) is 15.5 Å². The fourth-order valence-corrected chi connectivity index (χ4v) is 3.90. The molecular formula is C21H22N4O4. The Kier molecular flexibility index (Phi) is 5.24. The van der Waals surface area contributed by atoms with Gasteiger partial charge in [-0.05, 0) is 43.2 Å². The molecule has 2 heterocycles. The first-order valence-electron chi connectivity index (χ1n) is 9.80. The Morgan fingerprint density at radius 1 is 1.07 bits per heavy atom. The summed E-state index contributed by atoms with van der Waals surface area (Å²) in [6, 6.07) is 9.39. The van der Waals surface area contributed by atoms with Crippen LogP contribution in [0, 0.1) is 0 Å². The van der Waals surface area contributed by atoms with Gasteiger partial charge >= 0.3 is 6.03 Å². The first-order chi connectivity index (χ1) is 14.1. The Labute approximate surface area is 168 Å². The van der Waals surface area contributed by atoms with Gasteiger partial charge in [-0.3, -0.25) is 14.5 Å². The summed E-state index contributed by atoms with van der Waals surface area (Å²) in [4.78, 5) is 39.0. The Morgan fingerprint density at radius 3 is 2.45 bits per heavy atom. The number of amides is 3. The average Bonchev–Trinajstić information content (AvgIpc) is 2.89. The molecule has 0 unspecified atom stereocenters. The number of aromatic nitrogens is 2. The number of rotatable bonds is 5. The minimum atomic E-state index is -0.831. The maximum atomic E-state index is 12.9. The number of imide groups is 1. The minimum Gasteiger partial charge on any atom is -0.438 e. The third kappa shape index (κ3) is 3.96. The van der Waals surface area contributed by atoms with Crippen LogP contribution in [-0.4, -0.2) is 44.9 Å². The maximum Gasteiger partial charge on any atom is 0.325 e. The molecule has 1 aliphatic heterocycles. The molecule has 2 fully saturated rings. The molecule has 0 atom stereocenters. The zero-order chi connectivity index (χ0) is 20.3. The highest BCUT2D eigenvalue weighted by Gasteiger charge is 2.51. The molecule has 1 aromatic carbocycles. The van der Waals surface area contributed by atoms with E-state index in [9.17, 15) is 14.4 Å². The number of ketones is 1. The van der Waals surface area contributed by atoms with E-state index in [1.807, 2.05) is 0 Å². The van der Waals surface area contributed by atoms with Crippen LogP contribution < -0.4 is 10.1 Å². The fourth-order valence-electron chi connectivity index (χ4n) is 3.90. The Hall–Kier alpha value is -3.29. The summed E-state index contributed by atoms with van der Waals surface area (Å²) in [6.45, 7) is -0.267. The van der Waals surface area contributed by atoms with Gasteiger partial charge in [0, 0.05) is 17.8 Å². The third-order valence-electron chi connectivity index (χ3n) is 5.45. The number of carbonyl (C=O) groups is 3. The van der Waals surface area contributed by atoms with Gasteiger partial charge in [0.05, 0.1) is 6.54 Å². The maximum absolute atomic E-state index is 12.9. The summed E-state index contributed by atoms with van der Waals surface area (Å²) in [5.74, 6) is 0.277. The van der Waals surface area contributed by atoms with Gasteiger partial charge in [-0.25, -0.2) is 4.79 Å². The Bertz CT molecular complexity index is 906. The first kappa shape index (κ1) is 19.0. The molecule has 0 radical (unpaired) electrons. The van der Waals surface area contributed by atoms with Gasteiger partial charge in [0.2, 0.25) is 5.88 Å². The standard InChI is InChI=1S/C21H22N4O4/c26-17(15-7-9-16(10-8-15)29-18-6-5-13-22-24-18)14-25-19(27)21(23-20(25)28)11-3-1-2-4-12-21/h5-10,13H,1-4,11-12,14H2,(H,23,28). The van der Waals surface area contributed by atoms with E-state index in [4.69, 9.17) is 4.74 Å². The van der Waals surface area contributed by atoms with Crippen molar-refractivity contribution >= 4 is 17.7 Å². The number of benzene rings is 1. The molecule has 4 rings (SSSR count). The Morgan fingerprint density at radius 2 is 1.79 bits per heavy atom. The lowest BCUT2D eigenvalue weighted by atomic mass is 9.90. The second-order valence-corrected chi connectivity index (χ2v) is 7.43. The smallest absolute Gasteiger partial charge is 0.325 e. The van der Waals surface area contributed by atoms with Gasteiger partial charge < -0.3 is 10.1 Å². The molecule has 1 N–H and O–H groups in total. The molecule has 8 heteroatoms. The normalized spacial score (nSPS) is 18.4. The molecule has 2 aromatic rings. The van der Waals surface area contributed by atoms with Crippen molar-refractivity contribution in [2.75, 3.05) is 6.54 Å². The van der Waals surface area contributed by atoms with Crippen molar-refractivity contribution in [2.45, 2.75) is 44.1 Å². The highest BCUT2D eigenvalue weighted by molar-refractivity contribution is 6.11. The lowest BCUT2D eigenvalue weighted by molar-refractivity contribution is -0.131. The largest absolute Gasteiger partial charge is 0.438 e. The van der Waals surface area contributed by atoms with E-state index in [0.29, 0.717) is 30.0 Å². The second kappa shape index (κ2) is 7.98. The average molecular weight is 394 g/mol. The van der Waals surface area contributed by atoms with Gasteiger partial charge in [-0.1, -0.05) is 25.7 Å². The van der Waals surface area contributed by atoms with Crippen LogP contribution in [0.3, 0.4) is 0 Å². The molecular weight excluding hydrogens is 372 g/mol. The van der Waals surface area contributed by atoms with Crippen molar-refractivity contribution in [1.29, 1.82) is 0 Å². The van der Waals surface area contributed by atoms with Gasteiger partial charge in [-0.2, -0.15) is 5.10 Å². The number of nitrogens with zero attached hydrogens (tertiary/aromatic N) is 3. The van der Waals surface area contributed by atoms with Crippen LogP contribution in [0.25, 0.3) is 0 Å². The lowest BCUT2D eigenvalue weighted by Crippen LogP contribution is -2.46. The van der Waals surface area contributed by atoms with E-state index in [-0.39, 0.29) is 18.2 Å². The molecule has 8 nitrogen and oxygen atoms in total.